The fourth-order valence-electron chi connectivity index (χ4n) is 4.81. The van der Waals surface area contributed by atoms with Gasteiger partial charge in [0.2, 0.25) is 17.8 Å². The summed E-state index contributed by atoms with van der Waals surface area (Å²) in [5.74, 6) is -0.670. The molecule has 5 rings (SSSR count). The summed E-state index contributed by atoms with van der Waals surface area (Å²) in [7, 11) is 0. The minimum atomic E-state index is -0.961. The van der Waals surface area contributed by atoms with E-state index in [9.17, 15) is 14.4 Å². The molecule has 2 amide bonds. The Morgan fingerprint density at radius 1 is 1.06 bits per heavy atom. The lowest BCUT2D eigenvalue weighted by atomic mass is 9.90. The van der Waals surface area contributed by atoms with Gasteiger partial charge in [-0.2, -0.15) is 4.98 Å². The molecule has 1 aromatic heterocycles. The Hall–Kier alpha value is -3.65. The SMILES string of the molecule is O=C1CC(C(=O)Nc2ccccc2Cl)c2c(nc(N3CCC(Cc4ccccc4)CC3)[nH]c2=O)N1. The van der Waals surface area contributed by atoms with Crippen LogP contribution in [0.2, 0.25) is 5.02 Å². The molecule has 1 unspecified atom stereocenters. The molecule has 0 saturated carbocycles. The molecule has 1 atom stereocenters. The molecule has 3 heterocycles. The topological polar surface area (TPSA) is 107 Å². The van der Waals surface area contributed by atoms with E-state index < -0.39 is 17.4 Å². The first-order chi connectivity index (χ1) is 17.0. The number of H-pyrrole nitrogens is 1. The van der Waals surface area contributed by atoms with Crippen molar-refractivity contribution < 1.29 is 9.59 Å². The fraction of sp³-hybridized carbons (Fsp3) is 0.308. The smallest absolute Gasteiger partial charge is 0.258 e. The zero-order valence-electron chi connectivity index (χ0n) is 19.1. The maximum absolute atomic E-state index is 13.1. The fourth-order valence-corrected chi connectivity index (χ4v) is 4.99. The number of aromatic nitrogens is 2. The number of piperidine rings is 1. The largest absolute Gasteiger partial charge is 0.342 e. The number of halogens is 1. The quantitative estimate of drug-likeness (QED) is 0.501. The van der Waals surface area contributed by atoms with E-state index in [1.807, 2.05) is 11.0 Å². The van der Waals surface area contributed by atoms with Crippen LogP contribution in [-0.4, -0.2) is 34.9 Å². The zero-order valence-corrected chi connectivity index (χ0v) is 19.8. The lowest BCUT2D eigenvalue weighted by Crippen LogP contribution is -2.40. The summed E-state index contributed by atoms with van der Waals surface area (Å²) in [6.07, 6.45) is 2.84. The Kier molecular flexibility index (Phi) is 6.55. The first-order valence-electron chi connectivity index (χ1n) is 11.8. The second-order valence-electron chi connectivity index (χ2n) is 9.05. The van der Waals surface area contributed by atoms with Crippen LogP contribution < -0.4 is 21.1 Å². The molecule has 0 bridgehead atoms. The van der Waals surface area contributed by atoms with Crippen molar-refractivity contribution in [3.63, 3.8) is 0 Å². The van der Waals surface area contributed by atoms with E-state index in [0.717, 1.165) is 32.4 Å². The number of nitrogens with one attached hydrogen (secondary N) is 3. The number of nitrogens with zero attached hydrogens (tertiary/aromatic N) is 2. The number of anilines is 3. The summed E-state index contributed by atoms with van der Waals surface area (Å²) in [5.41, 5.74) is 1.49. The van der Waals surface area contributed by atoms with Crippen molar-refractivity contribution in [2.45, 2.75) is 31.6 Å². The monoisotopic (exact) mass is 491 g/mol. The molecule has 2 aromatic carbocycles. The van der Waals surface area contributed by atoms with E-state index in [1.165, 1.54) is 5.56 Å². The molecule has 0 spiro atoms. The highest BCUT2D eigenvalue weighted by Crippen LogP contribution is 2.32. The minimum Gasteiger partial charge on any atom is -0.342 e. The summed E-state index contributed by atoms with van der Waals surface area (Å²) >= 11 is 6.15. The molecule has 1 saturated heterocycles. The Balaban J connectivity index is 1.32. The average Bonchev–Trinajstić information content (AvgIpc) is 2.85. The highest BCUT2D eigenvalue weighted by molar-refractivity contribution is 6.33. The van der Waals surface area contributed by atoms with Crippen LogP contribution in [0.4, 0.5) is 17.5 Å². The zero-order chi connectivity index (χ0) is 24.4. The summed E-state index contributed by atoms with van der Waals surface area (Å²) < 4.78 is 0. The van der Waals surface area contributed by atoms with Gasteiger partial charge in [-0.15, -0.1) is 0 Å². The van der Waals surface area contributed by atoms with Crippen molar-refractivity contribution in [2.75, 3.05) is 28.6 Å². The molecule has 35 heavy (non-hydrogen) atoms. The van der Waals surface area contributed by atoms with Crippen LogP contribution in [-0.2, 0) is 16.0 Å². The number of hydrogen-bond donors (Lipinski definition) is 3. The van der Waals surface area contributed by atoms with Gasteiger partial charge in [-0.3, -0.25) is 19.4 Å². The van der Waals surface area contributed by atoms with Crippen LogP contribution in [0, 0.1) is 5.92 Å². The van der Waals surface area contributed by atoms with E-state index in [0.29, 0.717) is 22.6 Å². The van der Waals surface area contributed by atoms with Crippen LogP contribution in [0.5, 0.6) is 0 Å². The summed E-state index contributed by atoms with van der Waals surface area (Å²) in [5, 5.41) is 5.78. The molecule has 1 fully saturated rings. The predicted octanol–water partition coefficient (Wildman–Crippen LogP) is 3.95. The number of carbonyl (C=O) groups excluding carboxylic acids is 2. The number of para-hydroxylation sites is 1. The molecule has 180 valence electrons. The summed E-state index contributed by atoms with van der Waals surface area (Å²) in [4.78, 5) is 47.9. The molecule has 8 nitrogen and oxygen atoms in total. The number of hydrogen-bond acceptors (Lipinski definition) is 5. The molecule has 0 aliphatic carbocycles. The van der Waals surface area contributed by atoms with Gasteiger partial charge < -0.3 is 15.5 Å². The van der Waals surface area contributed by atoms with E-state index in [1.54, 1.807) is 24.3 Å². The predicted molar refractivity (Wildman–Crippen MR) is 136 cm³/mol. The molecule has 2 aliphatic heterocycles. The van der Waals surface area contributed by atoms with Crippen molar-refractivity contribution in [1.82, 2.24) is 9.97 Å². The van der Waals surface area contributed by atoms with Gasteiger partial charge in [-0.25, -0.2) is 0 Å². The Morgan fingerprint density at radius 3 is 2.51 bits per heavy atom. The minimum absolute atomic E-state index is 0.141. The molecule has 2 aliphatic rings. The van der Waals surface area contributed by atoms with Crippen molar-refractivity contribution in [2.24, 2.45) is 5.92 Å². The maximum Gasteiger partial charge on any atom is 0.258 e. The van der Waals surface area contributed by atoms with Crippen LogP contribution in [0.3, 0.4) is 0 Å². The lowest BCUT2D eigenvalue weighted by Gasteiger charge is -2.33. The third-order valence-electron chi connectivity index (χ3n) is 6.67. The third-order valence-corrected chi connectivity index (χ3v) is 7.00. The Bertz CT molecular complexity index is 1300. The summed E-state index contributed by atoms with van der Waals surface area (Å²) in [6.45, 7) is 1.51. The summed E-state index contributed by atoms with van der Waals surface area (Å²) in [6, 6.07) is 17.2. The Morgan fingerprint density at radius 2 is 1.77 bits per heavy atom. The number of rotatable bonds is 5. The number of fused-ring (bicyclic) bond motifs is 1. The Labute approximate surface area is 207 Å². The molecule has 3 aromatic rings. The van der Waals surface area contributed by atoms with Gasteiger partial charge in [0, 0.05) is 19.5 Å². The van der Waals surface area contributed by atoms with Crippen LogP contribution in [0.15, 0.2) is 59.4 Å². The van der Waals surface area contributed by atoms with Gasteiger partial charge in [-0.1, -0.05) is 54.1 Å². The van der Waals surface area contributed by atoms with Crippen molar-refractivity contribution >= 4 is 40.9 Å². The molecular formula is C26H26ClN5O3. The average molecular weight is 492 g/mol. The van der Waals surface area contributed by atoms with Gasteiger partial charge in [0.25, 0.3) is 5.56 Å². The second kappa shape index (κ2) is 9.92. The van der Waals surface area contributed by atoms with Crippen LogP contribution >= 0.6 is 11.6 Å². The van der Waals surface area contributed by atoms with E-state index in [4.69, 9.17) is 11.6 Å². The highest BCUT2D eigenvalue weighted by atomic mass is 35.5. The van der Waals surface area contributed by atoms with E-state index in [2.05, 4.69) is 44.9 Å². The van der Waals surface area contributed by atoms with Crippen molar-refractivity contribution in [3.05, 3.63) is 81.1 Å². The molecule has 9 heteroatoms. The van der Waals surface area contributed by atoms with Crippen LogP contribution in [0.1, 0.15) is 36.3 Å². The number of benzene rings is 2. The van der Waals surface area contributed by atoms with Crippen molar-refractivity contribution in [3.8, 4) is 0 Å². The maximum atomic E-state index is 13.1. The first kappa shape index (κ1) is 23.1. The normalized spacial score (nSPS) is 18.0. The second-order valence-corrected chi connectivity index (χ2v) is 9.45. The number of carbonyl (C=O) groups is 2. The van der Waals surface area contributed by atoms with E-state index >= 15 is 0 Å². The van der Waals surface area contributed by atoms with Gasteiger partial charge in [0.15, 0.2) is 0 Å². The third kappa shape index (κ3) is 5.07. The molecule has 0 radical (unpaired) electrons. The van der Waals surface area contributed by atoms with Crippen LogP contribution in [0.25, 0.3) is 0 Å². The standard InChI is InChI=1S/C26H26ClN5O3/c27-19-8-4-5-9-20(19)28-24(34)18-15-21(33)29-23-22(18)25(35)31-26(30-23)32-12-10-17(11-13-32)14-16-6-2-1-3-7-16/h1-9,17-18H,10-15H2,(H,28,34)(H2,29,30,31,33,35). The highest BCUT2D eigenvalue weighted by Gasteiger charge is 2.35. The van der Waals surface area contributed by atoms with Gasteiger partial charge in [0.1, 0.15) is 5.82 Å². The molecular weight excluding hydrogens is 466 g/mol. The van der Waals surface area contributed by atoms with Gasteiger partial charge in [-0.05, 0) is 42.9 Å². The number of amides is 2. The van der Waals surface area contributed by atoms with Gasteiger partial charge >= 0.3 is 0 Å². The van der Waals surface area contributed by atoms with E-state index in [-0.39, 0.29) is 23.7 Å². The number of aromatic amines is 1. The first-order valence-corrected chi connectivity index (χ1v) is 12.1. The molecule has 3 N–H and O–H groups in total. The van der Waals surface area contributed by atoms with Gasteiger partial charge in [0.05, 0.1) is 22.2 Å². The van der Waals surface area contributed by atoms with Crippen molar-refractivity contribution in [1.29, 1.82) is 0 Å². The lowest BCUT2D eigenvalue weighted by molar-refractivity contribution is -0.123.